The van der Waals surface area contributed by atoms with Crippen LogP contribution in [0.25, 0.3) is 0 Å². The largest absolute Gasteiger partial charge is 0.356 e. The lowest BCUT2D eigenvalue weighted by molar-refractivity contribution is 0.192. The number of rotatable bonds is 7. The van der Waals surface area contributed by atoms with Crippen LogP contribution >= 0.6 is 11.8 Å². The Hall–Kier alpha value is -0.420. The van der Waals surface area contributed by atoms with E-state index in [0.717, 1.165) is 24.8 Å². The summed E-state index contributed by atoms with van der Waals surface area (Å²) in [6.45, 7) is 9.09. The zero-order valence-corrected chi connectivity index (χ0v) is 13.7. The Morgan fingerprint density at radius 1 is 1.26 bits per heavy atom. The van der Waals surface area contributed by atoms with E-state index >= 15 is 0 Å². The number of thioether (sulfide) groups is 1. The highest BCUT2D eigenvalue weighted by atomic mass is 32.2. The molecule has 2 N–H and O–H groups in total. The van der Waals surface area contributed by atoms with E-state index in [1.165, 1.54) is 25.9 Å². The van der Waals surface area contributed by atoms with Gasteiger partial charge in [0.25, 0.3) is 0 Å². The van der Waals surface area contributed by atoms with Crippen LogP contribution in [0.3, 0.4) is 0 Å². The fraction of sp³-hybridized carbons (Fsp3) is 0.929. The Balaban J connectivity index is 2.37. The van der Waals surface area contributed by atoms with Gasteiger partial charge in [0, 0.05) is 31.9 Å². The van der Waals surface area contributed by atoms with Crippen LogP contribution in [0, 0.1) is 5.92 Å². The summed E-state index contributed by atoms with van der Waals surface area (Å²) in [6.07, 6.45) is 4.83. The molecule has 0 bridgehead atoms. The molecule has 0 aromatic rings. The molecular weight excluding hydrogens is 256 g/mol. The number of nitrogens with one attached hydrogen (secondary N) is 2. The molecule has 19 heavy (non-hydrogen) atoms. The van der Waals surface area contributed by atoms with Gasteiger partial charge in [-0.1, -0.05) is 13.8 Å². The molecule has 1 aliphatic heterocycles. The van der Waals surface area contributed by atoms with Crippen LogP contribution in [-0.2, 0) is 0 Å². The molecule has 1 rings (SSSR count). The molecule has 0 aliphatic carbocycles. The van der Waals surface area contributed by atoms with Crippen LogP contribution in [0.15, 0.2) is 4.99 Å². The van der Waals surface area contributed by atoms with Crippen molar-refractivity contribution in [3.05, 3.63) is 0 Å². The molecule has 1 saturated heterocycles. The first-order valence-electron chi connectivity index (χ1n) is 7.36. The maximum absolute atomic E-state index is 4.28. The van der Waals surface area contributed by atoms with Gasteiger partial charge in [-0.3, -0.25) is 9.89 Å². The quantitative estimate of drug-likeness (QED) is 0.424. The van der Waals surface area contributed by atoms with Crippen molar-refractivity contribution in [2.75, 3.05) is 45.2 Å². The van der Waals surface area contributed by atoms with Crippen molar-refractivity contribution in [2.45, 2.75) is 32.7 Å². The summed E-state index contributed by atoms with van der Waals surface area (Å²) < 4.78 is 0. The average Bonchev–Trinajstić information content (AvgIpc) is 2.90. The molecule has 0 aromatic heterocycles. The minimum Gasteiger partial charge on any atom is -0.356 e. The molecule has 5 heteroatoms. The second-order valence-corrected chi connectivity index (χ2v) is 6.41. The lowest BCUT2D eigenvalue weighted by Crippen LogP contribution is -2.48. The minimum absolute atomic E-state index is 0.613. The van der Waals surface area contributed by atoms with E-state index in [4.69, 9.17) is 0 Å². The van der Waals surface area contributed by atoms with E-state index in [9.17, 15) is 0 Å². The van der Waals surface area contributed by atoms with Crippen LogP contribution in [0.4, 0.5) is 0 Å². The summed E-state index contributed by atoms with van der Waals surface area (Å²) >= 11 is 1.85. The lowest BCUT2D eigenvalue weighted by Gasteiger charge is -2.31. The van der Waals surface area contributed by atoms with Gasteiger partial charge in [-0.05, 0) is 38.1 Å². The number of hydrogen-bond donors (Lipinski definition) is 2. The van der Waals surface area contributed by atoms with Crippen molar-refractivity contribution < 1.29 is 0 Å². The van der Waals surface area contributed by atoms with E-state index in [1.54, 1.807) is 0 Å². The van der Waals surface area contributed by atoms with Crippen LogP contribution in [0.1, 0.15) is 26.7 Å². The second-order valence-electron chi connectivity index (χ2n) is 5.43. The first-order chi connectivity index (χ1) is 9.19. The van der Waals surface area contributed by atoms with Crippen molar-refractivity contribution in [1.82, 2.24) is 15.5 Å². The molecule has 0 saturated carbocycles. The van der Waals surface area contributed by atoms with Gasteiger partial charge in [-0.15, -0.1) is 0 Å². The summed E-state index contributed by atoms with van der Waals surface area (Å²) in [5.74, 6) is 2.72. The highest BCUT2D eigenvalue weighted by Crippen LogP contribution is 2.16. The van der Waals surface area contributed by atoms with Crippen molar-refractivity contribution >= 4 is 17.7 Å². The Kier molecular flexibility index (Phi) is 8.30. The Morgan fingerprint density at radius 2 is 1.95 bits per heavy atom. The maximum atomic E-state index is 4.28. The van der Waals surface area contributed by atoms with E-state index in [1.807, 2.05) is 18.8 Å². The molecule has 1 heterocycles. The van der Waals surface area contributed by atoms with Gasteiger partial charge < -0.3 is 10.6 Å². The van der Waals surface area contributed by atoms with Crippen molar-refractivity contribution in [2.24, 2.45) is 10.9 Å². The highest BCUT2D eigenvalue weighted by Gasteiger charge is 2.24. The first kappa shape index (κ1) is 16.6. The summed E-state index contributed by atoms with van der Waals surface area (Å²) in [4.78, 5) is 6.90. The minimum atomic E-state index is 0.613. The number of hydrogen-bond acceptors (Lipinski definition) is 3. The van der Waals surface area contributed by atoms with Gasteiger partial charge in [0.1, 0.15) is 0 Å². The summed E-state index contributed by atoms with van der Waals surface area (Å²) in [5.41, 5.74) is 0. The van der Waals surface area contributed by atoms with Crippen molar-refractivity contribution in [3.8, 4) is 0 Å². The highest BCUT2D eigenvalue weighted by molar-refractivity contribution is 7.98. The predicted molar refractivity (Wildman–Crippen MR) is 87.2 cm³/mol. The van der Waals surface area contributed by atoms with Gasteiger partial charge in [-0.2, -0.15) is 11.8 Å². The van der Waals surface area contributed by atoms with Gasteiger partial charge in [0.05, 0.1) is 0 Å². The van der Waals surface area contributed by atoms with E-state index in [0.29, 0.717) is 12.0 Å². The molecule has 0 amide bonds. The van der Waals surface area contributed by atoms with Crippen LogP contribution < -0.4 is 10.6 Å². The molecule has 4 nitrogen and oxygen atoms in total. The summed E-state index contributed by atoms with van der Waals surface area (Å²) in [5, 5.41) is 6.83. The molecule has 0 radical (unpaired) electrons. The van der Waals surface area contributed by atoms with Gasteiger partial charge in [-0.25, -0.2) is 0 Å². The topological polar surface area (TPSA) is 39.7 Å². The number of nitrogens with zero attached hydrogens (tertiary/aromatic N) is 2. The number of likely N-dealkylation sites (tertiary alicyclic amines) is 1. The Bertz CT molecular complexity index is 262. The van der Waals surface area contributed by atoms with Gasteiger partial charge >= 0.3 is 0 Å². The Labute approximate surface area is 122 Å². The molecule has 1 unspecified atom stereocenters. The standard InChI is InChI=1S/C14H30N4S/c1-12(2)13(18-8-5-6-9-18)11-17-14(15-3)16-7-10-19-4/h12-13H,5-11H2,1-4H3,(H2,15,16,17). The molecular formula is C14H30N4S. The fourth-order valence-corrected chi connectivity index (χ4v) is 2.86. The third kappa shape index (κ3) is 6.04. The molecule has 1 fully saturated rings. The van der Waals surface area contributed by atoms with E-state index in [-0.39, 0.29) is 0 Å². The molecule has 1 aliphatic rings. The van der Waals surface area contributed by atoms with Gasteiger partial charge in [0.15, 0.2) is 5.96 Å². The lowest BCUT2D eigenvalue weighted by atomic mass is 10.0. The zero-order valence-electron chi connectivity index (χ0n) is 12.9. The van der Waals surface area contributed by atoms with Crippen LogP contribution in [0.5, 0.6) is 0 Å². The maximum Gasteiger partial charge on any atom is 0.191 e. The zero-order chi connectivity index (χ0) is 14.1. The smallest absolute Gasteiger partial charge is 0.191 e. The average molecular weight is 286 g/mol. The molecule has 1 atom stereocenters. The summed E-state index contributed by atoms with van der Waals surface area (Å²) in [7, 11) is 1.84. The van der Waals surface area contributed by atoms with Crippen molar-refractivity contribution in [1.29, 1.82) is 0 Å². The Morgan fingerprint density at radius 3 is 2.47 bits per heavy atom. The molecule has 0 spiro atoms. The number of guanidine groups is 1. The van der Waals surface area contributed by atoms with Crippen molar-refractivity contribution in [3.63, 3.8) is 0 Å². The fourth-order valence-electron chi connectivity index (χ4n) is 2.55. The third-order valence-corrected chi connectivity index (χ3v) is 4.29. The summed E-state index contributed by atoms with van der Waals surface area (Å²) in [6, 6.07) is 0.613. The monoisotopic (exact) mass is 286 g/mol. The first-order valence-corrected chi connectivity index (χ1v) is 8.76. The molecule has 112 valence electrons. The van der Waals surface area contributed by atoms with Crippen LogP contribution in [-0.4, -0.2) is 62.1 Å². The van der Waals surface area contributed by atoms with E-state index < -0.39 is 0 Å². The number of aliphatic imine (C=N–C) groups is 1. The second kappa shape index (κ2) is 9.48. The third-order valence-electron chi connectivity index (χ3n) is 3.68. The van der Waals surface area contributed by atoms with Gasteiger partial charge in [0.2, 0.25) is 0 Å². The molecule has 0 aromatic carbocycles. The van der Waals surface area contributed by atoms with E-state index in [2.05, 4.69) is 40.6 Å². The SMILES string of the molecule is CN=C(NCCSC)NCC(C(C)C)N1CCCC1. The normalized spacial score (nSPS) is 18.9. The predicted octanol–water partition coefficient (Wildman–Crippen LogP) is 1.63. The van der Waals surface area contributed by atoms with Crippen LogP contribution in [0.2, 0.25) is 0 Å².